The van der Waals surface area contributed by atoms with Crippen molar-refractivity contribution < 1.29 is 17.9 Å². The molecule has 1 unspecified atom stereocenters. The molecule has 0 amide bonds. The molecular formula is C20H17F3IN6OPS. The molecule has 33 heavy (non-hydrogen) atoms. The second-order valence-corrected chi connectivity index (χ2v) is 10.3. The molecule has 1 saturated heterocycles. The number of pyridine rings is 2. The summed E-state index contributed by atoms with van der Waals surface area (Å²) in [5.74, 6) is 0.592. The summed E-state index contributed by atoms with van der Waals surface area (Å²) in [6.07, 6.45) is -1.40. The Labute approximate surface area is 205 Å². The van der Waals surface area contributed by atoms with Gasteiger partial charge in [-0.05, 0) is 58.7 Å². The molecule has 13 heteroatoms. The van der Waals surface area contributed by atoms with E-state index in [0.717, 1.165) is 23.4 Å². The Morgan fingerprint density at radius 3 is 2.85 bits per heavy atom. The van der Waals surface area contributed by atoms with Crippen LogP contribution < -0.4 is 4.90 Å². The molecule has 5 rings (SSSR count). The molecule has 172 valence electrons. The second kappa shape index (κ2) is 9.05. The van der Waals surface area contributed by atoms with Crippen molar-refractivity contribution in [1.82, 2.24) is 23.9 Å². The van der Waals surface area contributed by atoms with Crippen LogP contribution in [0.3, 0.4) is 0 Å². The number of alkyl halides is 3. The minimum Gasteiger partial charge on any atom is -0.377 e. The average Bonchev–Trinajstić information content (AvgIpc) is 3.44. The minimum absolute atomic E-state index is 0.0130. The lowest BCUT2D eigenvalue weighted by molar-refractivity contribution is -0.140. The average molecular weight is 604 g/mol. The highest BCUT2D eigenvalue weighted by molar-refractivity contribution is 14.2. The minimum atomic E-state index is -4.59. The third-order valence-electron chi connectivity index (χ3n) is 5.41. The molecule has 0 aliphatic carbocycles. The lowest BCUT2D eigenvalue weighted by atomic mass is 10.0. The summed E-state index contributed by atoms with van der Waals surface area (Å²) in [4.78, 5) is 10.6. The molecule has 1 fully saturated rings. The van der Waals surface area contributed by atoms with Gasteiger partial charge in [0.2, 0.25) is 0 Å². The van der Waals surface area contributed by atoms with Crippen molar-refractivity contribution in [1.29, 1.82) is 0 Å². The van der Waals surface area contributed by atoms with Gasteiger partial charge in [-0.15, -0.1) is 0 Å². The number of hydrogen-bond donors (Lipinski definition) is 0. The number of morpholine rings is 1. The van der Waals surface area contributed by atoms with E-state index in [4.69, 9.17) is 9.72 Å². The van der Waals surface area contributed by atoms with Crippen molar-refractivity contribution >= 4 is 56.0 Å². The topological polar surface area (TPSA) is 69.0 Å². The summed E-state index contributed by atoms with van der Waals surface area (Å²) in [7, 11) is 0. The molecule has 7 nitrogen and oxygen atoms in total. The monoisotopic (exact) mass is 604 g/mol. The van der Waals surface area contributed by atoms with Crippen molar-refractivity contribution in [3.8, 4) is 22.5 Å². The number of nitrogens with zero attached hydrogens (tertiary/aromatic N) is 6. The highest BCUT2D eigenvalue weighted by Gasteiger charge is 2.36. The number of halogens is 4. The van der Waals surface area contributed by atoms with Crippen LogP contribution in [0.4, 0.5) is 19.0 Å². The molecular weight excluding hydrogens is 587 g/mol. The van der Waals surface area contributed by atoms with Crippen LogP contribution >= 0.6 is 39.9 Å². The predicted molar refractivity (Wildman–Crippen MR) is 132 cm³/mol. The largest absolute Gasteiger partial charge is 0.433 e. The third kappa shape index (κ3) is 4.22. The van der Waals surface area contributed by atoms with Gasteiger partial charge in [-0.25, -0.2) is 9.44 Å². The Morgan fingerprint density at radius 1 is 1.24 bits per heavy atom. The molecule has 0 bridgehead atoms. The molecule has 1 aliphatic rings. The van der Waals surface area contributed by atoms with Crippen molar-refractivity contribution in [2.45, 2.75) is 19.1 Å². The first kappa shape index (κ1) is 22.9. The zero-order valence-electron chi connectivity index (χ0n) is 17.2. The maximum absolute atomic E-state index is 13.8. The molecule has 5 heterocycles. The smallest absolute Gasteiger partial charge is 0.377 e. The first-order valence-corrected chi connectivity index (χ1v) is 14.8. The van der Waals surface area contributed by atoms with Gasteiger partial charge in [-0.1, -0.05) is 6.07 Å². The molecule has 0 radical (unpaired) electrons. The van der Waals surface area contributed by atoms with Crippen LogP contribution in [0.25, 0.3) is 32.7 Å². The normalized spacial score (nSPS) is 17.5. The molecule has 0 saturated carbocycles. The van der Waals surface area contributed by atoms with Crippen LogP contribution in [0, 0.1) is 0 Å². The van der Waals surface area contributed by atoms with Crippen molar-refractivity contribution in [2.75, 3.05) is 24.7 Å². The van der Waals surface area contributed by atoms with Crippen molar-refractivity contribution in [3.63, 3.8) is 0 Å². The Hall–Kier alpha value is -1.89. The molecule has 0 N–H and O–H groups in total. The van der Waals surface area contributed by atoms with Crippen LogP contribution in [0.5, 0.6) is 0 Å². The highest BCUT2D eigenvalue weighted by Crippen LogP contribution is 2.43. The van der Waals surface area contributed by atoms with Gasteiger partial charge in [0.1, 0.15) is 17.0 Å². The zero-order chi connectivity index (χ0) is 23.2. The van der Waals surface area contributed by atoms with Gasteiger partial charge in [0.05, 0.1) is 36.0 Å². The van der Waals surface area contributed by atoms with Gasteiger partial charge >= 0.3 is 6.18 Å². The summed E-state index contributed by atoms with van der Waals surface area (Å²) in [5, 5.41) is 4.32. The quantitative estimate of drug-likeness (QED) is 0.222. The standard InChI is InChI=1S/C20H17F3IN6OPS/c1-11-10-31-8-7-29(11)15-9-13(12-3-2-5-25-19(12)20(21,22)23)18-17(27-15)16(28-33-18)14-4-6-26-30(14)32-24/h2-6,9,11,32H,7-8,10H2,1H3/t11-/m1/s1. The van der Waals surface area contributed by atoms with Crippen LogP contribution in [0.2, 0.25) is 0 Å². The second-order valence-electron chi connectivity index (χ2n) is 7.46. The van der Waals surface area contributed by atoms with E-state index in [1.54, 1.807) is 12.3 Å². The van der Waals surface area contributed by atoms with Gasteiger partial charge in [0, 0.05) is 30.1 Å². The zero-order valence-corrected chi connectivity index (χ0v) is 21.1. The first-order valence-electron chi connectivity index (χ1n) is 9.97. The van der Waals surface area contributed by atoms with E-state index >= 15 is 0 Å². The molecule has 0 aromatic carbocycles. The summed E-state index contributed by atoms with van der Waals surface area (Å²) < 4.78 is 54.1. The fourth-order valence-electron chi connectivity index (χ4n) is 3.89. The number of aromatic nitrogens is 5. The van der Waals surface area contributed by atoms with Crippen LogP contribution in [-0.4, -0.2) is 49.7 Å². The Morgan fingerprint density at radius 2 is 2.09 bits per heavy atom. The van der Waals surface area contributed by atoms with E-state index in [1.165, 1.54) is 12.1 Å². The number of anilines is 1. The van der Waals surface area contributed by atoms with E-state index < -0.39 is 11.9 Å². The molecule has 0 spiro atoms. The fraction of sp³-hybridized carbons (Fsp3) is 0.300. The van der Waals surface area contributed by atoms with Crippen LogP contribution in [0.1, 0.15) is 12.6 Å². The lowest BCUT2D eigenvalue weighted by Gasteiger charge is -2.34. The fourth-order valence-corrected chi connectivity index (χ4v) is 6.28. The predicted octanol–water partition coefficient (Wildman–Crippen LogP) is 5.65. The van der Waals surface area contributed by atoms with E-state index in [2.05, 4.69) is 41.4 Å². The van der Waals surface area contributed by atoms with Gasteiger partial charge in [0.15, 0.2) is 5.69 Å². The van der Waals surface area contributed by atoms with Gasteiger partial charge in [-0.2, -0.15) is 22.6 Å². The summed E-state index contributed by atoms with van der Waals surface area (Å²) in [6, 6.07) is 6.56. The molecule has 1 aliphatic heterocycles. The third-order valence-corrected chi connectivity index (χ3v) is 8.16. The van der Waals surface area contributed by atoms with Gasteiger partial charge in [0.25, 0.3) is 0 Å². The van der Waals surface area contributed by atoms with E-state index in [9.17, 15) is 13.2 Å². The Balaban J connectivity index is 1.79. The Bertz CT molecular complexity index is 1310. The SMILES string of the molecule is C[C@@H]1COCCN1c1cc(-c2cccnc2C(F)(F)F)c2snc(-c3ccnn3PI)c2n1. The Kier molecular flexibility index (Phi) is 6.27. The van der Waals surface area contributed by atoms with E-state index in [1.807, 2.05) is 17.4 Å². The molecule has 4 aromatic heterocycles. The number of hydrogen-bond acceptors (Lipinski definition) is 7. The summed E-state index contributed by atoms with van der Waals surface area (Å²) in [6.45, 7) is 3.65. The summed E-state index contributed by atoms with van der Waals surface area (Å²) in [5.41, 5.74) is 1.45. The van der Waals surface area contributed by atoms with Crippen LogP contribution in [-0.2, 0) is 10.9 Å². The number of ether oxygens (including phenoxy) is 1. The van der Waals surface area contributed by atoms with Gasteiger partial charge in [-0.3, -0.25) is 4.98 Å². The van der Waals surface area contributed by atoms with Gasteiger partial charge < -0.3 is 9.64 Å². The lowest BCUT2D eigenvalue weighted by Crippen LogP contribution is -2.44. The molecule has 4 aromatic rings. The first-order chi connectivity index (χ1) is 15.9. The van der Waals surface area contributed by atoms with Crippen molar-refractivity contribution in [3.05, 3.63) is 42.4 Å². The van der Waals surface area contributed by atoms with Crippen molar-refractivity contribution in [2.24, 2.45) is 0 Å². The number of fused-ring (bicyclic) bond motifs is 1. The molecule has 2 atom stereocenters. The number of rotatable bonds is 4. The maximum atomic E-state index is 13.8. The van der Waals surface area contributed by atoms with Crippen LogP contribution in [0.15, 0.2) is 36.7 Å². The summed E-state index contributed by atoms with van der Waals surface area (Å²) >= 11 is 3.36. The van der Waals surface area contributed by atoms with E-state index in [0.29, 0.717) is 53.4 Å². The van der Waals surface area contributed by atoms with E-state index in [-0.39, 0.29) is 11.6 Å². The maximum Gasteiger partial charge on any atom is 0.433 e. The highest BCUT2D eigenvalue weighted by atomic mass is 127.